The van der Waals surface area contributed by atoms with E-state index in [4.69, 9.17) is 4.42 Å². The zero-order chi connectivity index (χ0) is 22.3. The monoisotopic (exact) mass is 428 g/mol. The van der Waals surface area contributed by atoms with Crippen molar-refractivity contribution < 1.29 is 19.1 Å². The van der Waals surface area contributed by atoms with Crippen LogP contribution in [-0.4, -0.2) is 23.5 Å². The van der Waals surface area contributed by atoms with Crippen LogP contribution >= 0.6 is 0 Å². The summed E-state index contributed by atoms with van der Waals surface area (Å²) in [7, 11) is 0. The van der Waals surface area contributed by atoms with Crippen molar-refractivity contribution in [2.75, 3.05) is 6.54 Å². The van der Waals surface area contributed by atoms with Gasteiger partial charge in [0.15, 0.2) is 5.76 Å². The van der Waals surface area contributed by atoms with Crippen molar-refractivity contribution in [1.82, 2.24) is 10.6 Å². The predicted molar refractivity (Wildman–Crippen MR) is 122 cm³/mol. The number of furan rings is 1. The van der Waals surface area contributed by atoms with Gasteiger partial charge in [-0.1, -0.05) is 60.7 Å². The SMILES string of the molecule is O=C(CCCNC(=O)c1ccco1)NC(c1ccccc1)c1c(O)ccc2ccccc12. The Hall–Kier alpha value is -4.06. The second kappa shape index (κ2) is 9.83. The molecule has 4 aromatic rings. The summed E-state index contributed by atoms with van der Waals surface area (Å²) in [6.07, 6.45) is 2.14. The molecule has 1 unspecified atom stereocenters. The van der Waals surface area contributed by atoms with E-state index in [1.54, 1.807) is 18.2 Å². The molecule has 2 amide bonds. The lowest BCUT2D eigenvalue weighted by atomic mass is 9.92. The molecule has 32 heavy (non-hydrogen) atoms. The van der Waals surface area contributed by atoms with Crippen LogP contribution in [0.4, 0.5) is 0 Å². The highest BCUT2D eigenvalue weighted by Gasteiger charge is 2.22. The van der Waals surface area contributed by atoms with Crippen LogP contribution in [0.2, 0.25) is 0 Å². The Morgan fingerprint density at radius 2 is 1.69 bits per heavy atom. The molecule has 3 N–H and O–H groups in total. The van der Waals surface area contributed by atoms with Gasteiger partial charge < -0.3 is 20.2 Å². The van der Waals surface area contributed by atoms with E-state index >= 15 is 0 Å². The van der Waals surface area contributed by atoms with E-state index in [9.17, 15) is 14.7 Å². The summed E-state index contributed by atoms with van der Waals surface area (Å²) in [5, 5.41) is 18.4. The van der Waals surface area contributed by atoms with Gasteiger partial charge in [0.05, 0.1) is 12.3 Å². The molecule has 0 spiro atoms. The van der Waals surface area contributed by atoms with E-state index in [1.165, 1.54) is 6.26 Å². The highest BCUT2D eigenvalue weighted by molar-refractivity contribution is 5.91. The molecule has 6 heteroatoms. The van der Waals surface area contributed by atoms with E-state index in [2.05, 4.69) is 10.6 Å². The predicted octanol–water partition coefficient (Wildman–Crippen LogP) is 4.55. The maximum absolute atomic E-state index is 12.8. The normalized spacial score (nSPS) is 11.8. The number of fused-ring (bicyclic) bond motifs is 1. The molecule has 0 saturated carbocycles. The molecule has 0 aliphatic rings. The van der Waals surface area contributed by atoms with E-state index in [0.717, 1.165) is 16.3 Å². The lowest BCUT2D eigenvalue weighted by Crippen LogP contribution is -2.31. The Kier molecular flexibility index (Phi) is 6.51. The van der Waals surface area contributed by atoms with Gasteiger partial charge in [0, 0.05) is 18.5 Å². The van der Waals surface area contributed by atoms with E-state index < -0.39 is 6.04 Å². The molecule has 0 fully saturated rings. The number of hydrogen-bond donors (Lipinski definition) is 3. The Bertz CT molecular complexity index is 1200. The van der Waals surface area contributed by atoms with Crippen molar-refractivity contribution in [2.24, 2.45) is 0 Å². The third kappa shape index (κ3) is 4.81. The first-order valence-corrected chi connectivity index (χ1v) is 10.5. The van der Waals surface area contributed by atoms with Crippen molar-refractivity contribution >= 4 is 22.6 Å². The summed E-state index contributed by atoms with van der Waals surface area (Å²) in [5.74, 6) is -0.106. The van der Waals surface area contributed by atoms with Crippen molar-refractivity contribution in [1.29, 1.82) is 0 Å². The van der Waals surface area contributed by atoms with E-state index in [-0.39, 0.29) is 29.7 Å². The van der Waals surface area contributed by atoms with E-state index in [0.29, 0.717) is 18.5 Å². The van der Waals surface area contributed by atoms with Crippen LogP contribution in [0.1, 0.15) is 40.6 Å². The Morgan fingerprint density at radius 1 is 0.906 bits per heavy atom. The molecule has 1 atom stereocenters. The number of nitrogens with one attached hydrogen (secondary N) is 2. The van der Waals surface area contributed by atoms with Crippen LogP contribution in [0.25, 0.3) is 10.8 Å². The summed E-state index contributed by atoms with van der Waals surface area (Å²) in [6, 6.07) is 23.6. The van der Waals surface area contributed by atoms with Crippen LogP contribution in [0.3, 0.4) is 0 Å². The molecule has 0 bridgehead atoms. The molecule has 6 nitrogen and oxygen atoms in total. The zero-order valence-electron chi connectivity index (χ0n) is 17.5. The lowest BCUT2D eigenvalue weighted by Gasteiger charge is -2.22. The zero-order valence-corrected chi connectivity index (χ0v) is 17.5. The highest BCUT2D eigenvalue weighted by Crippen LogP contribution is 2.35. The van der Waals surface area contributed by atoms with Crippen LogP contribution in [0, 0.1) is 0 Å². The maximum Gasteiger partial charge on any atom is 0.286 e. The van der Waals surface area contributed by atoms with Crippen molar-refractivity contribution in [3.63, 3.8) is 0 Å². The van der Waals surface area contributed by atoms with Crippen LogP contribution < -0.4 is 10.6 Å². The number of benzene rings is 3. The number of carbonyl (C=O) groups is 2. The standard InChI is InChI=1S/C26H24N2O4/c29-21-15-14-18-8-4-5-11-20(18)24(21)25(19-9-2-1-3-10-19)28-23(30)13-6-16-27-26(31)22-12-7-17-32-22/h1-5,7-12,14-15,17,25,29H,6,13,16H2,(H,27,31)(H,28,30). The molecule has 1 aromatic heterocycles. The van der Waals surface area contributed by atoms with Gasteiger partial charge in [-0.2, -0.15) is 0 Å². The minimum Gasteiger partial charge on any atom is -0.508 e. The molecular formula is C26H24N2O4. The maximum atomic E-state index is 12.8. The first kappa shape index (κ1) is 21.2. The van der Waals surface area contributed by atoms with Gasteiger partial charge in [-0.3, -0.25) is 9.59 Å². The fourth-order valence-electron chi connectivity index (χ4n) is 3.73. The number of hydrogen-bond acceptors (Lipinski definition) is 4. The fourth-order valence-corrected chi connectivity index (χ4v) is 3.73. The van der Waals surface area contributed by atoms with Crippen molar-refractivity contribution in [3.8, 4) is 5.75 Å². The minimum absolute atomic E-state index is 0.128. The van der Waals surface area contributed by atoms with Gasteiger partial charge in [-0.15, -0.1) is 0 Å². The van der Waals surface area contributed by atoms with Gasteiger partial charge in [0.2, 0.25) is 5.91 Å². The summed E-state index contributed by atoms with van der Waals surface area (Å²) >= 11 is 0. The number of aromatic hydroxyl groups is 1. The molecular weight excluding hydrogens is 404 g/mol. The van der Waals surface area contributed by atoms with E-state index in [1.807, 2.05) is 60.7 Å². The number of carbonyl (C=O) groups excluding carboxylic acids is 2. The molecule has 162 valence electrons. The van der Waals surface area contributed by atoms with Gasteiger partial charge in [0.25, 0.3) is 5.91 Å². The largest absolute Gasteiger partial charge is 0.508 e. The molecule has 0 saturated heterocycles. The Balaban J connectivity index is 1.48. The summed E-state index contributed by atoms with van der Waals surface area (Å²) in [5.41, 5.74) is 1.53. The molecule has 0 radical (unpaired) electrons. The second-order valence-corrected chi connectivity index (χ2v) is 7.47. The number of phenolic OH excluding ortho intramolecular Hbond substituents is 1. The van der Waals surface area contributed by atoms with Gasteiger partial charge in [-0.05, 0) is 41.0 Å². The Labute approximate surface area is 185 Å². The average molecular weight is 428 g/mol. The molecule has 0 aliphatic heterocycles. The number of amides is 2. The van der Waals surface area contributed by atoms with Crippen molar-refractivity contribution in [3.05, 3.63) is 102 Å². The van der Waals surface area contributed by atoms with Gasteiger partial charge >= 0.3 is 0 Å². The van der Waals surface area contributed by atoms with Crippen molar-refractivity contribution in [2.45, 2.75) is 18.9 Å². The third-order valence-corrected chi connectivity index (χ3v) is 5.29. The average Bonchev–Trinajstić information content (AvgIpc) is 3.36. The third-order valence-electron chi connectivity index (χ3n) is 5.29. The topological polar surface area (TPSA) is 91.6 Å². The number of rotatable bonds is 8. The second-order valence-electron chi connectivity index (χ2n) is 7.47. The minimum atomic E-state index is -0.507. The molecule has 4 rings (SSSR count). The van der Waals surface area contributed by atoms with Crippen LogP contribution in [-0.2, 0) is 4.79 Å². The van der Waals surface area contributed by atoms with Gasteiger partial charge in [0.1, 0.15) is 5.75 Å². The smallest absolute Gasteiger partial charge is 0.286 e. The molecule has 0 aliphatic carbocycles. The lowest BCUT2D eigenvalue weighted by molar-refractivity contribution is -0.121. The summed E-state index contributed by atoms with van der Waals surface area (Å²) in [4.78, 5) is 24.7. The first-order chi connectivity index (χ1) is 15.6. The quantitative estimate of drug-likeness (QED) is 0.359. The summed E-state index contributed by atoms with van der Waals surface area (Å²) < 4.78 is 5.06. The molecule has 1 heterocycles. The summed E-state index contributed by atoms with van der Waals surface area (Å²) in [6.45, 7) is 0.350. The van der Waals surface area contributed by atoms with Gasteiger partial charge in [-0.25, -0.2) is 0 Å². The van der Waals surface area contributed by atoms with Crippen LogP contribution in [0.15, 0.2) is 89.5 Å². The first-order valence-electron chi connectivity index (χ1n) is 10.5. The fraction of sp³-hybridized carbons (Fsp3) is 0.154. The number of phenols is 1. The Morgan fingerprint density at radius 3 is 2.47 bits per heavy atom. The molecule has 3 aromatic carbocycles. The highest BCUT2D eigenvalue weighted by atomic mass is 16.3. The van der Waals surface area contributed by atoms with Crippen LogP contribution in [0.5, 0.6) is 5.75 Å².